The standard InChI is InChI=1S/C18H21NO3S/c1-18(2)7-6-13-12(9-18)14(17(20)21)16(23-13)15-11(10-22-3)5-4-8-19-15/h4-5,8H,6-7,9-10H2,1-3H3,(H,20,21). The minimum atomic E-state index is -0.857. The van der Waals surface area contributed by atoms with Gasteiger partial charge in [-0.05, 0) is 36.3 Å². The number of ether oxygens (including phenoxy) is 1. The normalized spacial score (nSPS) is 16.1. The monoisotopic (exact) mass is 331 g/mol. The Labute approximate surface area is 140 Å². The van der Waals surface area contributed by atoms with Crippen LogP contribution >= 0.6 is 11.3 Å². The summed E-state index contributed by atoms with van der Waals surface area (Å²) in [6.07, 6.45) is 4.56. The molecule has 23 heavy (non-hydrogen) atoms. The predicted octanol–water partition coefficient (Wildman–Crippen LogP) is 4.17. The van der Waals surface area contributed by atoms with E-state index in [0.717, 1.165) is 41.0 Å². The fourth-order valence-electron chi connectivity index (χ4n) is 3.23. The molecule has 122 valence electrons. The molecule has 0 amide bonds. The minimum absolute atomic E-state index is 0.148. The zero-order valence-corrected chi connectivity index (χ0v) is 14.5. The van der Waals surface area contributed by atoms with Gasteiger partial charge in [0.15, 0.2) is 0 Å². The first kappa shape index (κ1) is 16.1. The molecule has 5 heteroatoms. The van der Waals surface area contributed by atoms with Crippen molar-refractivity contribution in [3.05, 3.63) is 39.9 Å². The summed E-state index contributed by atoms with van der Waals surface area (Å²) in [6, 6.07) is 3.80. The van der Waals surface area contributed by atoms with Crippen molar-refractivity contribution in [2.24, 2.45) is 5.41 Å². The average molecular weight is 331 g/mol. The van der Waals surface area contributed by atoms with E-state index in [1.54, 1.807) is 24.6 Å². The van der Waals surface area contributed by atoms with Crippen LogP contribution in [0.3, 0.4) is 0 Å². The Morgan fingerprint density at radius 2 is 2.26 bits per heavy atom. The highest BCUT2D eigenvalue weighted by Crippen LogP contribution is 2.45. The third-order valence-electron chi connectivity index (χ3n) is 4.39. The summed E-state index contributed by atoms with van der Waals surface area (Å²) in [5.41, 5.74) is 3.26. The summed E-state index contributed by atoms with van der Waals surface area (Å²) in [5.74, 6) is -0.857. The Balaban J connectivity index is 2.18. The van der Waals surface area contributed by atoms with Crippen LogP contribution in [0.1, 0.15) is 46.6 Å². The molecule has 0 spiro atoms. The maximum atomic E-state index is 12.0. The van der Waals surface area contributed by atoms with Crippen LogP contribution in [0.4, 0.5) is 0 Å². The zero-order chi connectivity index (χ0) is 16.6. The number of aromatic nitrogens is 1. The van der Waals surface area contributed by atoms with Gasteiger partial charge in [-0.25, -0.2) is 4.79 Å². The van der Waals surface area contributed by atoms with Crippen LogP contribution in [-0.2, 0) is 24.2 Å². The molecule has 0 saturated carbocycles. The summed E-state index contributed by atoms with van der Waals surface area (Å²) < 4.78 is 5.24. The fraction of sp³-hybridized carbons (Fsp3) is 0.444. The lowest BCUT2D eigenvalue weighted by Gasteiger charge is -2.29. The summed E-state index contributed by atoms with van der Waals surface area (Å²) >= 11 is 1.59. The fourth-order valence-corrected chi connectivity index (χ4v) is 4.57. The van der Waals surface area contributed by atoms with E-state index in [1.807, 2.05) is 12.1 Å². The number of aryl methyl sites for hydroxylation is 1. The van der Waals surface area contributed by atoms with E-state index in [1.165, 1.54) is 4.88 Å². The van der Waals surface area contributed by atoms with Gasteiger partial charge in [-0.2, -0.15) is 0 Å². The highest BCUT2D eigenvalue weighted by Gasteiger charge is 2.33. The molecule has 3 rings (SSSR count). The molecule has 0 aliphatic heterocycles. The van der Waals surface area contributed by atoms with Gasteiger partial charge < -0.3 is 9.84 Å². The highest BCUT2D eigenvalue weighted by atomic mass is 32.1. The lowest BCUT2D eigenvalue weighted by atomic mass is 9.76. The van der Waals surface area contributed by atoms with Crippen LogP contribution in [0.2, 0.25) is 0 Å². The number of aromatic carboxylic acids is 1. The van der Waals surface area contributed by atoms with Crippen molar-refractivity contribution >= 4 is 17.3 Å². The number of methoxy groups -OCH3 is 1. The van der Waals surface area contributed by atoms with Gasteiger partial charge in [0.25, 0.3) is 0 Å². The van der Waals surface area contributed by atoms with Gasteiger partial charge in [-0.3, -0.25) is 4.98 Å². The molecular weight excluding hydrogens is 310 g/mol. The van der Waals surface area contributed by atoms with Crippen molar-refractivity contribution in [3.8, 4) is 10.6 Å². The number of fused-ring (bicyclic) bond motifs is 1. The molecule has 1 aliphatic carbocycles. The van der Waals surface area contributed by atoms with E-state index >= 15 is 0 Å². The van der Waals surface area contributed by atoms with Crippen LogP contribution < -0.4 is 0 Å². The van der Waals surface area contributed by atoms with E-state index < -0.39 is 5.97 Å². The first-order valence-corrected chi connectivity index (χ1v) is 8.55. The Kier molecular flexibility index (Phi) is 4.25. The van der Waals surface area contributed by atoms with E-state index in [-0.39, 0.29) is 5.41 Å². The van der Waals surface area contributed by atoms with Crippen molar-refractivity contribution < 1.29 is 14.6 Å². The Morgan fingerprint density at radius 3 is 2.96 bits per heavy atom. The Bertz CT molecular complexity index is 749. The first-order valence-electron chi connectivity index (χ1n) is 7.74. The number of carboxylic acid groups (broad SMARTS) is 1. The topological polar surface area (TPSA) is 59.4 Å². The molecule has 1 aliphatic rings. The summed E-state index contributed by atoms with van der Waals surface area (Å²) in [5, 5.41) is 9.81. The maximum Gasteiger partial charge on any atom is 0.337 e. The minimum Gasteiger partial charge on any atom is -0.478 e. The van der Waals surface area contributed by atoms with Crippen LogP contribution in [0.15, 0.2) is 18.3 Å². The molecule has 1 N–H and O–H groups in total. The van der Waals surface area contributed by atoms with Gasteiger partial charge in [0, 0.05) is 23.7 Å². The molecule has 4 nitrogen and oxygen atoms in total. The summed E-state index contributed by atoms with van der Waals surface area (Å²) in [7, 11) is 1.64. The second kappa shape index (κ2) is 6.06. The quantitative estimate of drug-likeness (QED) is 0.913. The number of carboxylic acids is 1. The molecule has 2 aromatic rings. The molecule has 2 heterocycles. The number of nitrogens with zero attached hydrogens (tertiary/aromatic N) is 1. The van der Waals surface area contributed by atoms with Gasteiger partial charge in [0.2, 0.25) is 0 Å². The first-order chi connectivity index (χ1) is 10.9. The van der Waals surface area contributed by atoms with Crippen molar-refractivity contribution in [1.82, 2.24) is 4.98 Å². The van der Waals surface area contributed by atoms with Crippen LogP contribution in [0.25, 0.3) is 10.6 Å². The van der Waals surface area contributed by atoms with E-state index in [4.69, 9.17) is 4.74 Å². The molecule has 0 atom stereocenters. The Morgan fingerprint density at radius 1 is 1.48 bits per heavy atom. The number of hydrogen-bond donors (Lipinski definition) is 1. The molecule has 0 fully saturated rings. The van der Waals surface area contributed by atoms with E-state index in [0.29, 0.717) is 12.2 Å². The number of pyridine rings is 1. The molecule has 0 unspecified atom stereocenters. The SMILES string of the molecule is COCc1cccnc1-c1sc2c(c1C(=O)O)CC(C)(C)CC2. The van der Waals surface area contributed by atoms with Crippen molar-refractivity contribution in [2.75, 3.05) is 7.11 Å². The van der Waals surface area contributed by atoms with Crippen LogP contribution in [0, 0.1) is 5.41 Å². The van der Waals surface area contributed by atoms with E-state index in [9.17, 15) is 9.90 Å². The molecule has 0 radical (unpaired) electrons. The lowest BCUT2D eigenvalue weighted by Crippen LogP contribution is -2.22. The van der Waals surface area contributed by atoms with Crippen LogP contribution in [0.5, 0.6) is 0 Å². The molecule has 0 saturated heterocycles. The van der Waals surface area contributed by atoms with Gasteiger partial charge in [0.1, 0.15) is 0 Å². The van der Waals surface area contributed by atoms with E-state index in [2.05, 4.69) is 18.8 Å². The second-order valence-corrected chi connectivity index (χ2v) is 7.90. The number of hydrogen-bond acceptors (Lipinski definition) is 4. The number of thiophene rings is 1. The Hall–Kier alpha value is -1.72. The maximum absolute atomic E-state index is 12.0. The van der Waals surface area contributed by atoms with Gasteiger partial charge in [0.05, 0.1) is 22.7 Å². The lowest BCUT2D eigenvalue weighted by molar-refractivity contribution is 0.0696. The molecule has 0 aromatic carbocycles. The predicted molar refractivity (Wildman–Crippen MR) is 91.0 cm³/mol. The molecular formula is C18H21NO3S. The number of carbonyl (C=O) groups is 1. The molecule has 0 bridgehead atoms. The largest absolute Gasteiger partial charge is 0.478 e. The smallest absolute Gasteiger partial charge is 0.337 e. The third-order valence-corrected chi connectivity index (χ3v) is 5.69. The number of rotatable bonds is 4. The zero-order valence-electron chi connectivity index (χ0n) is 13.7. The van der Waals surface area contributed by atoms with Crippen molar-refractivity contribution in [3.63, 3.8) is 0 Å². The van der Waals surface area contributed by atoms with Gasteiger partial charge in [-0.1, -0.05) is 19.9 Å². The van der Waals surface area contributed by atoms with Crippen molar-refractivity contribution in [1.29, 1.82) is 0 Å². The van der Waals surface area contributed by atoms with Crippen LogP contribution in [-0.4, -0.2) is 23.2 Å². The summed E-state index contributed by atoms with van der Waals surface area (Å²) in [6.45, 7) is 4.84. The average Bonchev–Trinajstić information content (AvgIpc) is 2.85. The molecule has 2 aromatic heterocycles. The summed E-state index contributed by atoms with van der Waals surface area (Å²) in [4.78, 5) is 18.4. The van der Waals surface area contributed by atoms with Gasteiger partial charge in [-0.15, -0.1) is 11.3 Å². The second-order valence-electron chi connectivity index (χ2n) is 6.80. The van der Waals surface area contributed by atoms with Gasteiger partial charge >= 0.3 is 5.97 Å². The van der Waals surface area contributed by atoms with Crippen molar-refractivity contribution in [2.45, 2.75) is 39.7 Å². The third kappa shape index (κ3) is 3.03. The highest BCUT2D eigenvalue weighted by molar-refractivity contribution is 7.16.